The lowest BCUT2D eigenvalue weighted by atomic mass is 10.0. The summed E-state index contributed by atoms with van der Waals surface area (Å²) in [4.78, 5) is 2.24. The van der Waals surface area contributed by atoms with Crippen LogP contribution in [0.15, 0.2) is 34.9 Å². The predicted octanol–water partition coefficient (Wildman–Crippen LogP) is 6.06. The highest BCUT2D eigenvalue weighted by Gasteiger charge is 2.26. The highest BCUT2D eigenvalue weighted by molar-refractivity contribution is 5.93. The van der Waals surface area contributed by atoms with Gasteiger partial charge in [0.15, 0.2) is 17.1 Å². The maximum absolute atomic E-state index is 14.3. The molecule has 0 N–H and O–H groups in total. The summed E-state index contributed by atoms with van der Waals surface area (Å²) in [5.74, 6) is 1.05. The van der Waals surface area contributed by atoms with E-state index >= 15 is 0 Å². The molecule has 0 spiro atoms. The SMILES string of the molecule is CCc1ccc(OC(CC)c2noc3cc(F)cc(N4CCCCC4)c23)c(OC)c1. The highest BCUT2D eigenvalue weighted by atomic mass is 19.1. The summed E-state index contributed by atoms with van der Waals surface area (Å²) in [5.41, 5.74) is 3.19. The van der Waals surface area contributed by atoms with Gasteiger partial charge in [0.2, 0.25) is 0 Å². The van der Waals surface area contributed by atoms with Crippen LogP contribution >= 0.6 is 0 Å². The predicted molar refractivity (Wildman–Crippen MR) is 116 cm³/mol. The van der Waals surface area contributed by atoms with Crippen LogP contribution in [0.5, 0.6) is 11.5 Å². The fourth-order valence-electron chi connectivity index (χ4n) is 4.16. The molecular weight excluding hydrogens is 383 g/mol. The molecule has 0 amide bonds. The Bertz CT molecular complexity index is 1010. The number of hydrogen-bond acceptors (Lipinski definition) is 5. The zero-order valence-corrected chi connectivity index (χ0v) is 17.9. The second-order valence-corrected chi connectivity index (χ2v) is 7.77. The van der Waals surface area contributed by atoms with Crippen LogP contribution in [0.3, 0.4) is 0 Å². The molecule has 2 heterocycles. The molecule has 5 nitrogen and oxygen atoms in total. The van der Waals surface area contributed by atoms with E-state index < -0.39 is 0 Å². The molecule has 160 valence electrons. The van der Waals surface area contributed by atoms with Gasteiger partial charge in [0.05, 0.1) is 18.2 Å². The number of hydrogen-bond donors (Lipinski definition) is 0. The van der Waals surface area contributed by atoms with Crippen molar-refractivity contribution in [2.24, 2.45) is 0 Å². The van der Waals surface area contributed by atoms with E-state index in [1.54, 1.807) is 13.2 Å². The fraction of sp³-hybridized carbons (Fsp3) is 0.458. The summed E-state index contributed by atoms with van der Waals surface area (Å²) < 4.78 is 31.7. The average molecular weight is 413 g/mol. The van der Waals surface area contributed by atoms with Gasteiger partial charge in [0.25, 0.3) is 0 Å². The first-order valence-electron chi connectivity index (χ1n) is 10.8. The zero-order valence-electron chi connectivity index (χ0n) is 17.9. The van der Waals surface area contributed by atoms with Gasteiger partial charge in [-0.15, -0.1) is 0 Å². The molecule has 2 aromatic carbocycles. The van der Waals surface area contributed by atoms with E-state index in [0.29, 0.717) is 29.2 Å². The van der Waals surface area contributed by atoms with Gasteiger partial charge in [0, 0.05) is 19.2 Å². The molecule has 3 aromatic rings. The number of nitrogens with zero attached hydrogens (tertiary/aromatic N) is 2. The third-order valence-corrected chi connectivity index (χ3v) is 5.82. The zero-order chi connectivity index (χ0) is 21.1. The number of ether oxygens (including phenoxy) is 2. The van der Waals surface area contributed by atoms with E-state index in [9.17, 15) is 4.39 Å². The third kappa shape index (κ3) is 3.95. The Morgan fingerprint density at radius 1 is 1.10 bits per heavy atom. The average Bonchev–Trinajstić information content (AvgIpc) is 3.21. The van der Waals surface area contributed by atoms with Crippen molar-refractivity contribution in [2.45, 2.75) is 52.1 Å². The lowest BCUT2D eigenvalue weighted by Crippen LogP contribution is -2.29. The third-order valence-electron chi connectivity index (χ3n) is 5.82. The van der Waals surface area contributed by atoms with Crippen molar-refractivity contribution in [2.75, 3.05) is 25.1 Å². The number of halogens is 1. The number of rotatable bonds is 7. The van der Waals surface area contributed by atoms with Crippen molar-refractivity contribution in [3.63, 3.8) is 0 Å². The maximum atomic E-state index is 14.3. The molecular formula is C24H29FN2O3. The summed E-state index contributed by atoms with van der Waals surface area (Å²) in [7, 11) is 1.64. The van der Waals surface area contributed by atoms with Gasteiger partial charge in [0.1, 0.15) is 17.6 Å². The first kappa shape index (κ1) is 20.5. The maximum Gasteiger partial charge on any atom is 0.172 e. The van der Waals surface area contributed by atoms with Gasteiger partial charge in [-0.2, -0.15) is 0 Å². The molecule has 0 radical (unpaired) electrons. The number of methoxy groups -OCH3 is 1. The normalized spacial score (nSPS) is 15.4. The summed E-state index contributed by atoms with van der Waals surface area (Å²) in [6, 6.07) is 8.98. The van der Waals surface area contributed by atoms with Crippen LogP contribution in [0, 0.1) is 5.82 Å². The van der Waals surface area contributed by atoms with Crippen LogP contribution in [0.25, 0.3) is 11.0 Å². The molecule has 1 atom stereocenters. The van der Waals surface area contributed by atoms with E-state index in [2.05, 4.69) is 17.0 Å². The minimum absolute atomic E-state index is 0.309. The summed E-state index contributed by atoms with van der Waals surface area (Å²) in [5, 5.41) is 5.16. The minimum Gasteiger partial charge on any atom is -0.493 e. The Morgan fingerprint density at radius 3 is 2.60 bits per heavy atom. The van der Waals surface area contributed by atoms with Crippen LogP contribution < -0.4 is 14.4 Å². The van der Waals surface area contributed by atoms with Gasteiger partial charge in [-0.05, 0) is 55.9 Å². The lowest BCUT2D eigenvalue weighted by Gasteiger charge is -2.29. The molecule has 0 aliphatic carbocycles. The Balaban J connectivity index is 1.74. The second-order valence-electron chi connectivity index (χ2n) is 7.77. The molecule has 1 aliphatic rings. The van der Waals surface area contributed by atoms with Crippen molar-refractivity contribution in [3.8, 4) is 11.5 Å². The van der Waals surface area contributed by atoms with Gasteiger partial charge in [-0.25, -0.2) is 4.39 Å². The standard InChI is InChI=1S/C24H29FN2O3/c1-4-16-9-10-20(21(13-16)28-3)29-19(5-2)24-23-18(27-11-7-6-8-12-27)14-17(25)15-22(23)30-26-24/h9-10,13-15,19H,4-8,11-12H2,1-3H3. The molecule has 1 unspecified atom stereocenters. The van der Waals surface area contributed by atoms with Crippen LogP contribution in [-0.2, 0) is 6.42 Å². The van der Waals surface area contributed by atoms with Crippen molar-refractivity contribution in [3.05, 3.63) is 47.4 Å². The number of aryl methyl sites for hydroxylation is 1. The first-order chi connectivity index (χ1) is 14.6. The number of fused-ring (bicyclic) bond motifs is 1. The van der Waals surface area contributed by atoms with Crippen molar-refractivity contribution in [1.29, 1.82) is 0 Å². The molecule has 1 saturated heterocycles. The molecule has 1 aromatic heterocycles. The minimum atomic E-state index is -0.332. The van der Waals surface area contributed by atoms with Crippen LogP contribution in [0.4, 0.5) is 10.1 Å². The lowest BCUT2D eigenvalue weighted by molar-refractivity contribution is 0.184. The number of aromatic nitrogens is 1. The monoisotopic (exact) mass is 412 g/mol. The number of benzene rings is 2. The largest absolute Gasteiger partial charge is 0.493 e. The number of piperidine rings is 1. The Hall–Kier alpha value is -2.76. The van der Waals surface area contributed by atoms with Crippen molar-refractivity contribution < 1.29 is 18.4 Å². The summed E-state index contributed by atoms with van der Waals surface area (Å²) in [6.45, 7) is 5.97. The molecule has 30 heavy (non-hydrogen) atoms. The quantitative estimate of drug-likeness (QED) is 0.472. The van der Waals surface area contributed by atoms with Gasteiger partial charge in [-0.1, -0.05) is 25.1 Å². The van der Waals surface area contributed by atoms with E-state index in [4.69, 9.17) is 14.0 Å². The molecule has 0 saturated carbocycles. The molecule has 1 fully saturated rings. The molecule has 4 rings (SSSR count). The Morgan fingerprint density at radius 2 is 1.90 bits per heavy atom. The molecule has 6 heteroatoms. The summed E-state index contributed by atoms with van der Waals surface area (Å²) in [6.07, 6.45) is 4.70. The van der Waals surface area contributed by atoms with Crippen molar-refractivity contribution >= 4 is 16.7 Å². The van der Waals surface area contributed by atoms with Gasteiger partial charge in [-0.3, -0.25) is 0 Å². The van der Waals surface area contributed by atoms with E-state index in [1.807, 2.05) is 25.1 Å². The Labute approximate surface area is 176 Å². The van der Waals surface area contributed by atoms with E-state index in [-0.39, 0.29) is 11.9 Å². The smallest absolute Gasteiger partial charge is 0.172 e. The van der Waals surface area contributed by atoms with Gasteiger partial charge < -0.3 is 18.9 Å². The van der Waals surface area contributed by atoms with Crippen molar-refractivity contribution in [1.82, 2.24) is 5.16 Å². The highest BCUT2D eigenvalue weighted by Crippen LogP contribution is 2.39. The van der Waals surface area contributed by atoms with Gasteiger partial charge >= 0.3 is 0 Å². The topological polar surface area (TPSA) is 47.7 Å². The van der Waals surface area contributed by atoms with E-state index in [1.165, 1.54) is 18.1 Å². The molecule has 1 aliphatic heterocycles. The fourth-order valence-corrected chi connectivity index (χ4v) is 4.16. The van der Waals surface area contributed by atoms with Crippen LogP contribution in [0.2, 0.25) is 0 Å². The summed E-state index contributed by atoms with van der Waals surface area (Å²) >= 11 is 0. The molecule has 0 bridgehead atoms. The first-order valence-corrected chi connectivity index (χ1v) is 10.8. The van der Waals surface area contributed by atoms with E-state index in [0.717, 1.165) is 43.4 Å². The second kappa shape index (κ2) is 8.94. The number of anilines is 1. The van der Waals surface area contributed by atoms with Crippen LogP contribution in [0.1, 0.15) is 56.9 Å². The Kier molecular flexibility index (Phi) is 6.11. The van der Waals surface area contributed by atoms with Crippen LogP contribution in [-0.4, -0.2) is 25.4 Å².